The molecule has 1 aliphatic rings. The number of ether oxygens (including phenoxy) is 2. The monoisotopic (exact) mass is 282 g/mol. The molecule has 0 N–H and O–H groups in total. The van der Waals surface area contributed by atoms with E-state index in [1.54, 1.807) is 0 Å². The van der Waals surface area contributed by atoms with Crippen LogP contribution < -0.4 is 0 Å². The first kappa shape index (κ1) is 16.7. The van der Waals surface area contributed by atoms with Gasteiger partial charge in [0.15, 0.2) is 0 Å². The minimum atomic E-state index is -0.492. The maximum atomic E-state index is 12.1. The second-order valence-corrected chi connectivity index (χ2v) is 6.40. The number of rotatable bonds is 6. The topological polar surface area (TPSA) is 52.6 Å². The molecule has 0 aromatic carbocycles. The number of allylic oxidation sites excluding steroid dienone is 1. The zero-order valence-corrected chi connectivity index (χ0v) is 13.1. The summed E-state index contributed by atoms with van der Waals surface area (Å²) < 4.78 is 10.5. The van der Waals surface area contributed by atoms with Gasteiger partial charge in [-0.15, -0.1) is 0 Å². The largest absolute Gasteiger partial charge is 0.465 e. The summed E-state index contributed by atoms with van der Waals surface area (Å²) in [5.41, 5.74) is 1.04. The fraction of sp³-hybridized carbons (Fsp3) is 0.750. The summed E-state index contributed by atoms with van der Waals surface area (Å²) in [7, 11) is 0. The van der Waals surface area contributed by atoms with Crippen LogP contribution in [0.3, 0.4) is 0 Å². The molecule has 0 aromatic heterocycles. The van der Waals surface area contributed by atoms with Crippen molar-refractivity contribution < 1.29 is 19.1 Å². The SMILES string of the molecule is CC1=CC(C(=O)OCC(C)C)C(C(=O)OCC(C)C)C1. The Kier molecular flexibility index (Phi) is 6.24. The molecule has 0 spiro atoms. The molecule has 4 heteroatoms. The van der Waals surface area contributed by atoms with Gasteiger partial charge in [0, 0.05) is 0 Å². The van der Waals surface area contributed by atoms with Gasteiger partial charge in [-0.3, -0.25) is 9.59 Å². The molecule has 0 heterocycles. The molecular formula is C16H26O4. The van der Waals surface area contributed by atoms with Crippen LogP contribution in [0.4, 0.5) is 0 Å². The van der Waals surface area contributed by atoms with Gasteiger partial charge in [-0.1, -0.05) is 39.3 Å². The Labute approximate surface area is 121 Å². The van der Waals surface area contributed by atoms with Crippen molar-refractivity contribution in [2.45, 2.75) is 41.0 Å². The molecule has 20 heavy (non-hydrogen) atoms. The predicted molar refractivity (Wildman–Crippen MR) is 76.9 cm³/mol. The lowest BCUT2D eigenvalue weighted by molar-refractivity contribution is -0.159. The molecule has 0 fully saturated rings. The first-order chi connectivity index (χ1) is 9.31. The first-order valence-electron chi connectivity index (χ1n) is 7.31. The lowest BCUT2D eigenvalue weighted by Gasteiger charge is -2.18. The van der Waals surface area contributed by atoms with Crippen LogP contribution in [-0.4, -0.2) is 25.2 Å². The van der Waals surface area contributed by atoms with E-state index in [1.165, 1.54) is 0 Å². The van der Waals surface area contributed by atoms with Crippen molar-refractivity contribution in [3.05, 3.63) is 11.6 Å². The van der Waals surface area contributed by atoms with E-state index in [4.69, 9.17) is 9.47 Å². The van der Waals surface area contributed by atoms with Crippen molar-refractivity contribution in [3.8, 4) is 0 Å². The predicted octanol–water partition coefficient (Wildman–Crippen LogP) is 2.97. The Hall–Kier alpha value is -1.32. The summed E-state index contributed by atoms with van der Waals surface area (Å²) in [6.07, 6.45) is 2.42. The molecule has 4 nitrogen and oxygen atoms in total. The number of carbonyl (C=O) groups excluding carboxylic acids is 2. The average molecular weight is 282 g/mol. The van der Waals surface area contributed by atoms with Crippen LogP contribution in [-0.2, 0) is 19.1 Å². The van der Waals surface area contributed by atoms with Crippen molar-refractivity contribution in [1.82, 2.24) is 0 Å². The van der Waals surface area contributed by atoms with E-state index in [9.17, 15) is 9.59 Å². The summed E-state index contributed by atoms with van der Waals surface area (Å²) in [5, 5.41) is 0. The van der Waals surface area contributed by atoms with Gasteiger partial charge in [-0.2, -0.15) is 0 Å². The molecule has 0 aromatic rings. The van der Waals surface area contributed by atoms with E-state index in [0.717, 1.165) is 5.57 Å². The van der Waals surface area contributed by atoms with Crippen molar-refractivity contribution in [2.75, 3.05) is 13.2 Å². The van der Waals surface area contributed by atoms with E-state index in [2.05, 4.69) is 0 Å². The van der Waals surface area contributed by atoms with Crippen LogP contribution in [0.1, 0.15) is 41.0 Å². The second kappa shape index (κ2) is 7.46. The highest BCUT2D eigenvalue weighted by molar-refractivity contribution is 5.85. The van der Waals surface area contributed by atoms with Crippen molar-refractivity contribution in [2.24, 2.45) is 23.7 Å². The minimum Gasteiger partial charge on any atom is -0.465 e. The van der Waals surface area contributed by atoms with E-state index < -0.39 is 11.8 Å². The van der Waals surface area contributed by atoms with Gasteiger partial charge in [-0.05, 0) is 25.2 Å². The molecule has 1 rings (SSSR count). The van der Waals surface area contributed by atoms with Gasteiger partial charge in [0.2, 0.25) is 0 Å². The Balaban J connectivity index is 2.61. The van der Waals surface area contributed by atoms with E-state index in [1.807, 2.05) is 40.7 Å². The lowest BCUT2D eigenvalue weighted by atomic mass is 9.95. The zero-order valence-electron chi connectivity index (χ0n) is 13.1. The molecule has 0 saturated carbocycles. The van der Waals surface area contributed by atoms with Crippen molar-refractivity contribution in [3.63, 3.8) is 0 Å². The van der Waals surface area contributed by atoms with Gasteiger partial charge in [0.25, 0.3) is 0 Å². The summed E-state index contributed by atoms with van der Waals surface area (Å²) in [6.45, 7) is 10.6. The smallest absolute Gasteiger partial charge is 0.313 e. The number of hydrogen-bond acceptors (Lipinski definition) is 4. The van der Waals surface area contributed by atoms with Gasteiger partial charge in [0.05, 0.1) is 25.0 Å². The summed E-state index contributed by atoms with van der Waals surface area (Å²) >= 11 is 0. The Morgan fingerprint density at radius 2 is 1.60 bits per heavy atom. The zero-order chi connectivity index (χ0) is 15.3. The Bertz CT molecular complexity index is 382. The van der Waals surface area contributed by atoms with Crippen LogP contribution in [0.2, 0.25) is 0 Å². The molecule has 0 amide bonds. The normalized spacial score (nSPS) is 22.1. The number of esters is 2. The van der Waals surface area contributed by atoms with E-state index in [0.29, 0.717) is 25.6 Å². The van der Waals surface area contributed by atoms with E-state index in [-0.39, 0.29) is 17.9 Å². The van der Waals surface area contributed by atoms with Crippen molar-refractivity contribution >= 4 is 11.9 Å². The fourth-order valence-corrected chi connectivity index (χ4v) is 2.13. The van der Waals surface area contributed by atoms with Crippen LogP contribution in [0.15, 0.2) is 11.6 Å². The third kappa shape index (κ3) is 4.99. The molecule has 0 aliphatic heterocycles. The van der Waals surface area contributed by atoms with Gasteiger partial charge in [-0.25, -0.2) is 0 Å². The van der Waals surface area contributed by atoms with Crippen LogP contribution in [0.5, 0.6) is 0 Å². The summed E-state index contributed by atoms with van der Waals surface area (Å²) in [5.74, 6) is -0.945. The minimum absolute atomic E-state index is 0.289. The number of carbonyl (C=O) groups is 2. The van der Waals surface area contributed by atoms with Crippen molar-refractivity contribution in [1.29, 1.82) is 0 Å². The van der Waals surface area contributed by atoms with Gasteiger partial charge < -0.3 is 9.47 Å². The maximum Gasteiger partial charge on any atom is 0.313 e. The lowest BCUT2D eigenvalue weighted by Crippen LogP contribution is -2.30. The molecule has 2 atom stereocenters. The van der Waals surface area contributed by atoms with Crippen LogP contribution >= 0.6 is 0 Å². The molecule has 0 radical (unpaired) electrons. The molecule has 2 unspecified atom stereocenters. The van der Waals surface area contributed by atoms with Gasteiger partial charge in [0.1, 0.15) is 0 Å². The molecule has 114 valence electrons. The molecule has 0 saturated heterocycles. The average Bonchev–Trinajstić information content (AvgIpc) is 2.75. The Morgan fingerprint density at radius 1 is 1.10 bits per heavy atom. The second-order valence-electron chi connectivity index (χ2n) is 6.40. The number of hydrogen-bond donors (Lipinski definition) is 0. The molecule has 1 aliphatic carbocycles. The maximum absolute atomic E-state index is 12.1. The highest BCUT2D eigenvalue weighted by Gasteiger charge is 2.38. The highest BCUT2D eigenvalue weighted by atomic mass is 16.5. The van der Waals surface area contributed by atoms with E-state index >= 15 is 0 Å². The van der Waals surface area contributed by atoms with Crippen LogP contribution in [0.25, 0.3) is 0 Å². The first-order valence-corrected chi connectivity index (χ1v) is 7.31. The van der Waals surface area contributed by atoms with Crippen LogP contribution in [0, 0.1) is 23.7 Å². The quantitative estimate of drug-likeness (QED) is 0.555. The van der Waals surface area contributed by atoms with Gasteiger partial charge >= 0.3 is 11.9 Å². The standard InChI is InChI=1S/C16H26O4/c1-10(2)8-19-15(17)13-6-12(5)7-14(13)16(18)20-9-11(3)4/h6,10-11,13-14H,7-9H2,1-5H3. The molecular weight excluding hydrogens is 256 g/mol. The third-order valence-corrected chi connectivity index (χ3v) is 3.13. The fourth-order valence-electron chi connectivity index (χ4n) is 2.13. The Morgan fingerprint density at radius 3 is 2.10 bits per heavy atom. The summed E-state index contributed by atoms with van der Waals surface area (Å²) in [4.78, 5) is 24.2. The third-order valence-electron chi connectivity index (χ3n) is 3.13. The highest BCUT2D eigenvalue weighted by Crippen LogP contribution is 2.32. The summed E-state index contributed by atoms with van der Waals surface area (Å²) in [6, 6.07) is 0. The molecule has 0 bridgehead atoms.